The first kappa shape index (κ1) is 26.9. The lowest BCUT2D eigenvalue weighted by Crippen LogP contribution is -2.37. The highest BCUT2D eigenvalue weighted by Gasteiger charge is 2.15. The van der Waals surface area contributed by atoms with Crippen LogP contribution < -0.4 is 15.4 Å². The molecule has 0 amide bonds. The topological polar surface area (TPSA) is 77.0 Å². The molecule has 2 N–H and O–H groups in total. The first-order chi connectivity index (χ1) is 14.1. The molecule has 1 fully saturated rings. The van der Waals surface area contributed by atoms with E-state index in [4.69, 9.17) is 14.2 Å². The zero-order valence-electron chi connectivity index (χ0n) is 18.9. The lowest BCUT2D eigenvalue weighted by molar-refractivity contribution is 0.0888. The molecule has 30 heavy (non-hydrogen) atoms. The Morgan fingerprint density at radius 2 is 2.17 bits per heavy atom. The van der Waals surface area contributed by atoms with Crippen LogP contribution in [0.1, 0.15) is 45.6 Å². The molecular weight excluding hydrogens is 495 g/mol. The van der Waals surface area contributed by atoms with Gasteiger partial charge >= 0.3 is 0 Å². The summed E-state index contributed by atoms with van der Waals surface area (Å²) in [6.07, 6.45) is 5.02. The number of halogens is 1. The largest absolute Gasteiger partial charge is 0.475 e. The summed E-state index contributed by atoms with van der Waals surface area (Å²) in [5, 5.41) is 6.66. The standard InChI is InChI=1S/C22H38N4O3.HI/c1-17(2)12-18(3)29-21-13-19(6-9-24-21)14-26-22(23-4)25-8-5-10-27-15-20-7-11-28-16-20;/h6,9,13,17-18,20H,5,7-8,10-12,14-16H2,1-4H3,(H2,23,25,26);1H. The minimum Gasteiger partial charge on any atom is -0.475 e. The molecule has 1 aromatic heterocycles. The van der Waals surface area contributed by atoms with Crippen molar-refractivity contribution in [1.29, 1.82) is 0 Å². The van der Waals surface area contributed by atoms with Gasteiger partial charge in [0.1, 0.15) is 0 Å². The molecule has 1 saturated heterocycles. The van der Waals surface area contributed by atoms with Gasteiger partial charge in [0.25, 0.3) is 0 Å². The number of rotatable bonds is 12. The smallest absolute Gasteiger partial charge is 0.213 e. The second kappa shape index (κ2) is 15.6. The van der Waals surface area contributed by atoms with Gasteiger partial charge in [0.2, 0.25) is 5.88 Å². The van der Waals surface area contributed by atoms with Crippen LogP contribution in [0.5, 0.6) is 5.88 Å². The quantitative estimate of drug-likeness (QED) is 0.185. The van der Waals surface area contributed by atoms with Crippen LogP contribution in [0.15, 0.2) is 23.3 Å². The van der Waals surface area contributed by atoms with Gasteiger partial charge in [-0.15, -0.1) is 24.0 Å². The van der Waals surface area contributed by atoms with E-state index in [2.05, 4.69) is 41.4 Å². The summed E-state index contributed by atoms with van der Waals surface area (Å²) in [4.78, 5) is 8.60. The Kier molecular flexibility index (Phi) is 14.0. The number of pyridine rings is 1. The number of aliphatic imine (C=N–C) groups is 1. The molecule has 0 aliphatic carbocycles. The van der Waals surface area contributed by atoms with Crippen LogP contribution in [0.2, 0.25) is 0 Å². The fraction of sp³-hybridized carbons (Fsp3) is 0.727. The van der Waals surface area contributed by atoms with Gasteiger partial charge in [-0.25, -0.2) is 4.98 Å². The molecule has 8 heteroatoms. The Labute approximate surface area is 198 Å². The number of hydrogen-bond acceptors (Lipinski definition) is 5. The van der Waals surface area contributed by atoms with Gasteiger partial charge in [0.05, 0.1) is 19.3 Å². The maximum atomic E-state index is 5.93. The summed E-state index contributed by atoms with van der Waals surface area (Å²) in [6.45, 7) is 11.2. The first-order valence-corrected chi connectivity index (χ1v) is 10.8. The van der Waals surface area contributed by atoms with Crippen LogP contribution in [-0.2, 0) is 16.0 Å². The zero-order chi connectivity index (χ0) is 20.9. The molecule has 0 aromatic carbocycles. The summed E-state index contributed by atoms with van der Waals surface area (Å²) < 4.78 is 17.0. The van der Waals surface area contributed by atoms with Crippen molar-refractivity contribution in [3.05, 3.63) is 23.9 Å². The maximum Gasteiger partial charge on any atom is 0.213 e. The molecule has 2 atom stereocenters. The molecule has 2 unspecified atom stereocenters. The summed E-state index contributed by atoms with van der Waals surface area (Å²) in [5.74, 6) is 2.62. The molecule has 2 rings (SSSR count). The molecule has 2 heterocycles. The highest BCUT2D eigenvalue weighted by atomic mass is 127. The van der Waals surface area contributed by atoms with Crippen molar-refractivity contribution < 1.29 is 14.2 Å². The van der Waals surface area contributed by atoms with Crippen LogP contribution in [-0.4, -0.2) is 57.1 Å². The van der Waals surface area contributed by atoms with E-state index in [1.807, 2.05) is 12.1 Å². The van der Waals surface area contributed by atoms with Crippen LogP contribution in [0.25, 0.3) is 0 Å². The second-order valence-electron chi connectivity index (χ2n) is 8.07. The monoisotopic (exact) mass is 534 g/mol. The van der Waals surface area contributed by atoms with Gasteiger partial charge in [-0.3, -0.25) is 4.99 Å². The fourth-order valence-corrected chi connectivity index (χ4v) is 3.30. The molecular formula is C22H39IN4O3. The number of guanidine groups is 1. The number of hydrogen-bond donors (Lipinski definition) is 2. The summed E-state index contributed by atoms with van der Waals surface area (Å²) in [7, 11) is 1.78. The molecule has 172 valence electrons. The second-order valence-corrected chi connectivity index (χ2v) is 8.07. The Morgan fingerprint density at radius 1 is 1.33 bits per heavy atom. The lowest BCUT2D eigenvalue weighted by Gasteiger charge is -2.16. The molecule has 1 aliphatic heterocycles. The highest BCUT2D eigenvalue weighted by molar-refractivity contribution is 14.0. The molecule has 1 aromatic rings. The van der Waals surface area contributed by atoms with E-state index in [1.54, 1.807) is 13.2 Å². The average Bonchev–Trinajstić information content (AvgIpc) is 3.20. The van der Waals surface area contributed by atoms with Gasteiger partial charge in [0, 0.05) is 51.5 Å². The van der Waals surface area contributed by atoms with Crippen molar-refractivity contribution >= 4 is 29.9 Å². The van der Waals surface area contributed by atoms with Crippen LogP contribution >= 0.6 is 24.0 Å². The Bertz CT molecular complexity index is 610. The lowest BCUT2D eigenvalue weighted by atomic mass is 10.1. The van der Waals surface area contributed by atoms with Gasteiger partial charge in [-0.2, -0.15) is 0 Å². The molecule has 0 radical (unpaired) electrons. The number of aromatic nitrogens is 1. The van der Waals surface area contributed by atoms with E-state index in [-0.39, 0.29) is 30.1 Å². The van der Waals surface area contributed by atoms with Crippen molar-refractivity contribution in [1.82, 2.24) is 15.6 Å². The summed E-state index contributed by atoms with van der Waals surface area (Å²) >= 11 is 0. The number of nitrogens with zero attached hydrogens (tertiary/aromatic N) is 2. The summed E-state index contributed by atoms with van der Waals surface area (Å²) in [5.41, 5.74) is 1.11. The zero-order valence-corrected chi connectivity index (χ0v) is 21.2. The third-order valence-corrected chi connectivity index (χ3v) is 4.74. The third-order valence-electron chi connectivity index (χ3n) is 4.74. The van der Waals surface area contributed by atoms with E-state index in [0.29, 0.717) is 24.3 Å². The van der Waals surface area contributed by atoms with E-state index in [9.17, 15) is 0 Å². The molecule has 0 saturated carbocycles. The van der Waals surface area contributed by atoms with Gasteiger partial charge in [-0.05, 0) is 43.7 Å². The van der Waals surface area contributed by atoms with Crippen LogP contribution in [0.3, 0.4) is 0 Å². The fourth-order valence-electron chi connectivity index (χ4n) is 3.30. The average molecular weight is 534 g/mol. The van der Waals surface area contributed by atoms with E-state index in [0.717, 1.165) is 63.8 Å². The number of nitrogens with one attached hydrogen (secondary N) is 2. The Balaban J connectivity index is 0.00000450. The van der Waals surface area contributed by atoms with Crippen molar-refractivity contribution in [3.63, 3.8) is 0 Å². The summed E-state index contributed by atoms with van der Waals surface area (Å²) in [6, 6.07) is 3.97. The predicted molar refractivity (Wildman–Crippen MR) is 132 cm³/mol. The normalized spacial score (nSPS) is 17.5. The van der Waals surface area contributed by atoms with E-state index in [1.165, 1.54) is 0 Å². The molecule has 1 aliphatic rings. The maximum absolute atomic E-state index is 5.93. The van der Waals surface area contributed by atoms with Crippen LogP contribution in [0.4, 0.5) is 0 Å². The highest BCUT2D eigenvalue weighted by Crippen LogP contribution is 2.15. The minimum atomic E-state index is 0. The molecule has 7 nitrogen and oxygen atoms in total. The van der Waals surface area contributed by atoms with Crippen molar-refractivity contribution in [2.45, 2.75) is 52.7 Å². The van der Waals surface area contributed by atoms with Crippen LogP contribution in [0, 0.1) is 11.8 Å². The predicted octanol–water partition coefficient (Wildman–Crippen LogP) is 3.62. The third kappa shape index (κ3) is 11.3. The van der Waals surface area contributed by atoms with Crippen molar-refractivity contribution in [3.8, 4) is 5.88 Å². The van der Waals surface area contributed by atoms with Crippen molar-refractivity contribution in [2.75, 3.05) is 40.0 Å². The van der Waals surface area contributed by atoms with Gasteiger partial charge < -0.3 is 24.8 Å². The Morgan fingerprint density at radius 3 is 2.87 bits per heavy atom. The SMILES string of the molecule is CN=C(NCCCOCC1CCOC1)NCc1ccnc(OC(C)CC(C)C)c1.I. The van der Waals surface area contributed by atoms with Gasteiger partial charge in [-0.1, -0.05) is 13.8 Å². The molecule has 0 bridgehead atoms. The van der Waals surface area contributed by atoms with E-state index >= 15 is 0 Å². The molecule has 0 spiro atoms. The van der Waals surface area contributed by atoms with Gasteiger partial charge in [0.15, 0.2) is 5.96 Å². The minimum absolute atomic E-state index is 0. The van der Waals surface area contributed by atoms with Crippen molar-refractivity contribution in [2.24, 2.45) is 16.8 Å². The number of ether oxygens (including phenoxy) is 3. The Hall–Kier alpha value is -1.13. The first-order valence-electron chi connectivity index (χ1n) is 10.8. The van der Waals surface area contributed by atoms with E-state index < -0.39 is 0 Å².